The topological polar surface area (TPSA) is 65.8 Å². The Kier molecular flexibility index (Phi) is 5.23. The van der Waals surface area contributed by atoms with Crippen molar-refractivity contribution in [2.45, 2.75) is 31.7 Å². The summed E-state index contributed by atoms with van der Waals surface area (Å²) in [6, 6.07) is 3.79. The highest BCUT2D eigenvalue weighted by atomic mass is 16.3. The number of hydrogen-bond acceptors (Lipinski definition) is 4. The van der Waals surface area contributed by atoms with Crippen molar-refractivity contribution in [3.8, 4) is 0 Å². The molecule has 0 bridgehead atoms. The summed E-state index contributed by atoms with van der Waals surface area (Å²) < 4.78 is 5.47. The standard InChI is InChI=1S/C18H27N3O3/c1-20(2)15(16-6-4-10-24-16)11-19-17(22)14-5-3-9-21(12-14)18(23)13-7-8-13/h4,6,10,13-15H,3,5,7-9,11-12H2,1-2H3,(H,19,22). The van der Waals surface area contributed by atoms with Gasteiger partial charge < -0.3 is 14.6 Å². The van der Waals surface area contributed by atoms with E-state index in [1.807, 2.05) is 36.0 Å². The van der Waals surface area contributed by atoms with Gasteiger partial charge in [-0.1, -0.05) is 0 Å². The third-order valence-corrected chi connectivity index (χ3v) is 5.00. The van der Waals surface area contributed by atoms with Crippen LogP contribution in [-0.2, 0) is 9.59 Å². The molecule has 0 aromatic carbocycles. The van der Waals surface area contributed by atoms with Crippen molar-refractivity contribution < 1.29 is 14.0 Å². The van der Waals surface area contributed by atoms with Crippen molar-refractivity contribution >= 4 is 11.8 Å². The Morgan fingerprint density at radius 3 is 2.75 bits per heavy atom. The Balaban J connectivity index is 1.53. The molecule has 0 radical (unpaired) electrons. The SMILES string of the molecule is CN(C)C(CNC(=O)C1CCCN(C(=O)C2CC2)C1)c1ccco1. The van der Waals surface area contributed by atoms with Gasteiger partial charge in [-0.25, -0.2) is 0 Å². The molecular weight excluding hydrogens is 306 g/mol. The van der Waals surface area contributed by atoms with Gasteiger partial charge in [0.15, 0.2) is 0 Å². The van der Waals surface area contributed by atoms with Gasteiger partial charge in [0.1, 0.15) is 5.76 Å². The molecule has 1 saturated carbocycles. The number of carbonyl (C=O) groups excluding carboxylic acids is 2. The number of likely N-dealkylation sites (N-methyl/N-ethyl adjacent to an activating group) is 1. The molecular formula is C18H27N3O3. The summed E-state index contributed by atoms with van der Waals surface area (Å²) in [5.74, 6) is 1.26. The summed E-state index contributed by atoms with van der Waals surface area (Å²) in [6.07, 6.45) is 5.44. The predicted octanol–water partition coefficient (Wildman–Crippen LogP) is 1.65. The third kappa shape index (κ3) is 3.98. The van der Waals surface area contributed by atoms with Gasteiger partial charge in [-0.05, 0) is 51.9 Å². The highest BCUT2D eigenvalue weighted by Crippen LogP contribution is 2.32. The number of rotatable bonds is 6. The van der Waals surface area contributed by atoms with Crippen molar-refractivity contribution in [2.75, 3.05) is 33.7 Å². The number of piperidine rings is 1. The van der Waals surface area contributed by atoms with Crippen LogP contribution in [-0.4, -0.2) is 55.3 Å². The van der Waals surface area contributed by atoms with E-state index in [2.05, 4.69) is 5.32 Å². The average molecular weight is 333 g/mol. The van der Waals surface area contributed by atoms with Gasteiger partial charge in [-0.2, -0.15) is 0 Å². The van der Waals surface area contributed by atoms with E-state index < -0.39 is 0 Å². The maximum atomic E-state index is 12.6. The van der Waals surface area contributed by atoms with Crippen molar-refractivity contribution in [1.29, 1.82) is 0 Å². The fourth-order valence-electron chi connectivity index (χ4n) is 3.34. The maximum Gasteiger partial charge on any atom is 0.225 e. The van der Waals surface area contributed by atoms with E-state index in [4.69, 9.17) is 4.42 Å². The van der Waals surface area contributed by atoms with Crippen LogP contribution in [0.25, 0.3) is 0 Å². The molecule has 1 aliphatic carbocycles. The number of amides is 2. The molecule has 1 aliphatic heterocycles. The predicted molar refractivity (Wildman–Crippen MR) is 90.2 cm³/mol. The summed E-state index contributed by atoms with van der Waals surface area (Å²) >= 11 is 0. The Bertz CT molecular complexity index is 566. The third-order valence-electron chi connectivity index (χ3n) is 5.00. The largest absolute Gasteiger partial charge is 0.468 e. The van der Waals surface area contributed by atoms with Crippen LogP contribution in [0.5, 0.6) is 0 Å². The Labute approximate surface area is 143 Å². The quantitative estimate of drug-likeness (QED) is 0.860. The minimum Gasteiger partial charge on any atom is -0.468 e. The van der Waals surface area contributed by atoms with E-state index >= 15 is 0 Å². The summed E-state index contributed by atoms with van der Waals surface area (Å²) in [7, 11) is 3.94. The Morgan fingerprint density at radius 1 is 1.33 bits per heavy atom. The molecule has 2 unspecified atom stereocenters. The van der Waals surface area contributed by atoms with Crippen molar-refractivity contribution in [1.82, 2.24) is 15.1 Å². The number of furan rings is 1. The lowest BCUT2D eigenvalue weighted by atomic mass is 9.96. The lowest BCUT2D eigenvalue weighted by Gasteiger charge is -2.32. The molecule has 2 heterocycles. The van der Waals surface area contributed by atoms with Crippen molar-refractivity contribution in [3.63, 3.8) is 0 Å². The molecule has 2 aliphatic rings. The molecule has 24 heavy (non-hydrogen) atoms. The normalized spacial score (nSPS) is 22.5. The van der Waals surface area contributed by atoms with Crippen LogP contribution in [0.4, 0.5) is 0 Å². The van der Waals surface area contributed by atoms with E-state index in [1.54, 1.807) is 6.26 Å². The lowest BCUT2D eigenvalue weighted by molar-refractivity contribution is -0.136. The zero-order chi connectivity index (χ0) is 17.1. The average Bonchev–Trinajstić information content (AvgIpc) is 3.30. The minimum absolute atomic E-state index is 0.0109. The van der Waals surface area contributed by atoms with Gasteiger partial charge in [0.05, 0.1) is 18.2 Å². The molecule has 1 aromatic heterocycles. The number of likely N-dealkylation sites (tertiary alicyclic amines) is 1. The molecule has 3 rings (SSSR count). The second-order valence-corrected chi connectivity index (χ2v) is 7.14. The molecule has 6 nitrogen and oxygen atoms in total. The van der Waals surface area contributed by atoms with Gasteiger partial charge in [0, 0.05) is 25.6 Å². The number of nitrogens with one attached hydrogen (secondary N) is 1. The first-order chi connectivity index (χ1) is 11.6. The van der Waals surface area contributed by atoms with Crippen molar-refractivity contribution in [2.24, 2.45) is 11.8 Å². The van der Waals surface area contributed by atoms with Gasteiger partial charge >= 0.3 is 0 Å². The first-order valence-corrected chi connectivity index (χ1v) is 8.82. The molecule has 1 saturated heterocycles. The fourth-order valence-corrected chi connectivity index (χ4v) is 3.34. The van der Waals surface area contributed by atoms with Crippen LogP contribution >= 0.6 is 0 Å². The van der Waals surface area contributed by atoms with E-state index in [9.17, 15) is 9.59 Å². The Hall–Kier alpha value is -1.82. The van der Waals surface area contributed by atoms with Gasteiger partial charge in [0.2, 0.25) is 11.8 Å². The first-order valence-electron chi connectivity index (χ1n) is 8.82. The van der Waals surface area contributed by atoms with E-state index in [0.717, 1.165) is 38.0 Å². The fraction of sp³-hybridized carbons (Fsp3) is 0.667. The Morgan fingerprint density at radius 2 is 2.12 bits per heavy atom. The monoisotopic (exact) mass is 333 g/mol. The summed E-state index contributed by atoms with van der Waals surface area (Å²) in [6.45, 7) is 1.87. The van der Waals surface area contributed by atoms with E-state index in [1.165, 1.54) is 0 Å². The molecule has 1 N–H and O–H groups in total. The molecule has 1 aromatic rings. The first kappa shape index (κ1) is 17.0. The van der Waals surface area contributed by atoms with Crippen LogP contribution in [0.2, 0.25) is 0 Å². The molecule has 2 amide bonds. The lowest BCUT2D eigenvalue weighted by Crippen LogP contribution is -2.47. The van der Waals surface area contributed by atoms with Crippen LogP contribution in [0.1, 0.15) is 37.5 Å². The zero-order valence-corrected chi connectivity index (χ0v) is 14.5. The van der Waals surface area contributed by atoms with Gasteiger partial charge in [0.25, 0.3) is 0 Å². The smallest absolute Gasteiger partial charge is 0.225 e. The van der Waals surface area contributed by atoms with Gasteiger partial charge in [-0.3, -0.25) is 14.5 Å². The highest BCUT2D eigenvalue weighted by molar-refractivity contribution is 5.83. The van der Waals surface area contributed by atoms with E-state index in [0.29, 0.717) is 13.1 Å². The zero-order valence-electron chi connectivity index (χ0n) is 14.5. The summed E-state index contributed by atoms with van der Waals surface area (Å²) in [5, 5.41) is 3.05. The number of nitrogens with zero attached hydrogens (tertiary/aromatic N) is 2. The van der Waals surface area contributed by atoms with E-state index in [-0.39, 0.29) is 29.7 Å². The molecule has 0 spiro atoms. The second-order valence-electron chi connectivity index (χ2n) is 7.14. The number of hydrogen-bond donors (Lipinski definition) is 1. The number of carbonyl (C=O) groups is 2. The van der Waals surface area contributed by atoms with Crippen LogP contribution in [0.3, 0.4) is 0 Å². The molecule has 2 atom stereocenters. The molecule has 6 heteroatoms. The van der Waals surface area contributed by atoms with Crippen molar-refractivity contribution in [3.05, 3.63) is 24.2 Å². The van der Waals surface area contributed by atoms with Crippen LogP contribution in [0, 0.1) is 11.8 Å². The minimum atomic E-state index is -0.0964. The maximum absolute atomic E-state index is 12.6. The molecule has 132 valence electrons. The van der Waals surface area contributed by atoms with Crippen LogP contribution < -0.4 is 5.32 Å². The summed E-state index contributed by atoms with van der Waals surface area (Å²) in [4.78, 5) is 28.7. The highest BCUT2D eigenvalue weighted by Gasteiger charge is 2.36. The van der Waals surface area contributed by atoms with Gasteiger partial charge in [-0.15, -0.1) is 0 Å². The van der Waals surface area contributed by atoms with Crippen LogP contribution in [0.15, 0.2) is 22.8 Å². The second kappa shape index (κ2) is 7.38. The summed E-state index contributed by atoms with van der Waals surface area (Å²) in [5.41, 5.74) is 0. The molecule has 2 fully saturated rings.